The van der Waals surface area contributed by atoms with Gasteiger partial charge in [0.15, 0.2) is 0 Å². The summed E-state index contributed by atoms with van der Waals surface area (Å²) >= 11 is 0. The van der Waals surface area contributed by atoms with E-state index in [0.29, 0.717) is 17.9 Å². The van der Waals surface area contributed by atoms with Crippen molar-refractivity contribution < 1.29 is 9.53 Å². The third-order valence-electron chi connectivity index (χ3n) is 4.07. The lowest BCUT2D eigenvalue weighted by atomic mass is 9.91. The minimum atomic E-state index is -0.298. The molecule has 126 valence electrons. The van der Waals surface area contributed by atoms with E-state index in [1.54, 1.807) is 19.5 Å². The van der Waals surface area contributed by atoms with Gasteiger partial charge in [0.25, 0.3) is 0 Å². The second-order valence-electron chi connectivity index (χ2n) is 5.71. The van der Waals surface area contributed by atoms with E-state index in [-0.39, 0.29) is 11.8 Å². The molecular formula is C21H20N2O2. The Balaban J connectivity index is 1.87. The van der Waals surface area contributed by atoms with Crippen LogP contribution in [0, 0.1) is 0 Å². The molecule has 25 heavy (non-hydrogen) atoms. The van der Waals surface area contributed by atoms with Gasteiger partial charge in [-0.15, -0.1) is 0 Å². The molecule has 1 atom stereocenters. The Hall–Kier alpha value is -3.14. The highest BCUT2D eigenvalue weighted by atomic mass is 16.5. The van der Waals surface area contributed by atoms with Crippen molar-refractivity contribution in [1.82, 2.24) is 4.98 Å². The van der Waals surface area contributed by atoms with E-state index in [4.69, 9.17) is 4.74 Å². The maximum atomic E-state index is 13.0. The van der Waals surface area contributed by atoms with Crippen molar-refractivity contribution in [2.75, 3.05) is 12.4 Å². The van der Waals surface area contributed by atoms with Crippen molar-refractivity contribution in [1.29, 1.82) is 0 Å². The topological polar surface area (TPSA) is 51.2 Å². The number of hydrogen-bond acceptors (Lipinski definition) is 3. The fourth-order valence-electron chi connectivity index (χ4n) is 2.77. The van der Waals surface area contributed by atoms with Crippen LogP contribution in [0.2, 0.25) is 0 Å². The Morgan fingerprint density at radius 2 is 1.68 bits per heavy atom. The first-order chi connectivity index (χ1) is 12.3. The maximum Gasteiger partial charge on any atom is 0.232 e. The van der Waals surface area contributed by atoms with Gasteiger partial charge in [-0.25, -0.2) is 0 Å². The van der Waals surface area contributed by atoms with Gasteiger partial charge in [-0.3, -0.25) is 9.78 Å². The normalized spacial score (nSPS) is 11.6. The number of aromatic nitrogens is 1. The highest BCUT2D eigenvalue weighted by Crippen LogP contribution is 2.27. The summed E-state index contributed by atoms with van der Waals surface area (Å²) in [7, 11) is 1.59. The second-order valence-corrected chi connectivity index (χ2v) is 5.71. The van der Waals surface area contributed by atoms with Crippen LogP contribution in [-0.4, -0.2) is 18.0 Å². The average Bonchev–Trinajstić information content (AvgIpc) is 2.68. The van der Waals surface area contributed by atoms with Gasteiger partial charge in [-0.1, -0.05) is 42.5 Å². The zero-order valence-electron chi connectivity index (χ0n) is 14.1. The largest absolute Gasteiger partial charge is 0.495 e. The lowest BCUT2D eigenvalue weighted by molar-refractivity contribution is -0.117. The summed E-state index contributed by atoms with van der Waals surface area (Å²) in [6.07, 6.45) is 4.10. The average molecular weight is 332 g/mol. The fraction of sp³-hybridized carbons (Fsp3) is 0.143. The molecule has 0 bridgehead atoms. The van der Waals surface area contributed by atoms with E-state index in [9.17, 15) is 4.79 Å². The Labute approximate surface area is 147 Å². The van der Waals surface area contributed by atoms with Gasteiger partial charge >= 0.3 is 0 Å². The SMILES string of the molecule is COc1ccccc1NC(=O)C(Cc1ccncc1)c1ccccc1. The molecule has 0 fully saturated rings. The molecule has 1 aromatic heterocycles. The van der Waals surface area contributed by atoms with Crippen molar-refractivity contribution in [3.8, 4) is 5.75 Å². The van der Waals surface area contributed by atoms with Gasteiger partial charge in [-0.05, 0) is 41.8 Å². The molecule has 0 aliphatic heterocycles. The number of nitrogens with zero attached hydrogens (tertiary/aromatic N) is 1. The van der Waals surface area contributed by atoms with E-state index in [1.807, 2.05) is 66.7 Å². The summed E-state index contributed by atoms with van der Waals surface area (Å²) in [5, 5.41) is 3.00. The zero-order valence-corrected chi connectivity index (χ0v) is 14.1. The molecule has 1 N–H and O–H groups in total. The number of amides is 1. The fourth-order valence-corrected chi connectivity index (χ4v) is 2.77. The molecule has 0 aliphatic carbocycles. The van der Waals surface area contributed by atoms with Gasteiger partial charge in [0.1, 0.15) is 5.75 Å². The number of para-hydroxylation sites is 2. The summed E-state index contributed by atoms with van der Waals surface area (Å²) in [6, 6.07) is 21.1. The van der Waals surface area contributed by atoms with Crippen molar-refractivity contribution in [3.05, 3.63) is 90.3 Å². The first-order valence-corrected chi connectivity index (χ1v) is 8.15. The summed E-state index contributed by atoms with van der Waals surface area (Å²) < 4.78 is 5.33. The minimum absolute atomic E-state index is 0.0625. The van der Waals surface area contributed by atoms with Gasteiger partial charge in [0, 0.05) is 12.4 Å². The quantitative estimate of drug-likeness (QED) is 0.741. The monoisotopic (exact) mass is 332 g/mol. The van der Waals surface area contributed by atoms with Crippen LogP contribution in [0.1, 0.15) is 17.0 Å². The second kappa shape index (κ2) is 8.11. The van der Waals surface area contributed by atoms with Crippen molar-refractivity contribution >= 4 is 11.6 Å². The Morgan fingerprint density at radius 1 is 1.00 bits per heavy atom. The lowest BCUT2D eigenvalue weighted by Crippen LogP contribution is -2.23. The molecular weight excluding hydrogens is 312 g/mol. The first kappa shape index (κ1) is 16.7. The Kier molecular flexibility index (Phi) is 5.42. The van der Waals surface area contributed by atoms with Gasteiger partial charge in [0.2, 0.25) is 5.91 Å². The van der Waals surface area contributed by atoms with Gasteiger partial charge < -0.3 is 10.1 Å². The van der Waals surface area contributed by atoms with Crippen LogP contribution in [0.4, 0.5) is 5.69 Å². The number of benzene rings is 2. The van der Waals surface area contributed by atoms with Crippen LogP contribution in [0.25, 0.3) is 0 Å². The number of nitrogens with one attached hydrogen (secondary N) is 1. The molecule has 4 nitrogen and oxygen atoms in total. The van der Waals surface area contributed by atoms with E-state index >= 15 is 0 Å². The number of rotatable bonds is 6. The molecule has 0 aliphatic rings. The minimum Gasteiger partial charge on any atom is -0.495 e. The number of ether oxygens (including phenoxy) is 1. The third kappa shape index (κ3) is 4.23. The van der Waals surface area contributed by atoms with E-state index < -0.39 is 0 Å². The highest BCUT2D eigenvalue weighted by Gasteiger charge is 2.22. The molecule has 0 radical (unpaired) electrons. The molecule has 1 unspecified atom stereocenters. The van der Waals surface area contributed by atoms with Crippen molar-refractivity contribution in [2.24, 2.45) is 0 Å². The number of carbonyl (C=O) groups excluding carboxylic acids is 1. The van der Waals surface area contributed by atoms with Crippen LogP contribution in [-0.2, 0) is 11.2 Å². The summed E-state index contributed by atoms with van der Waals surface area (Å²) in [6.45, 7) is 0. The molecule has 4 heteroatoms. The molecule has 2 aromatic carbocycles. The predicted octanol–water partition coefficient (Wildman–Crippen LogP) is 4.06. The van der Waals surface area contributed by atoms with Crippen LogP contribution in [0.3, 0.4) is 0 Å². The van der Waals surface area contributed by atoms with E-state index in [0.717, 1.165) is 11.1 Å². The van der Waals surface area contributed by atoms with Gasteiger partial charge in [0.05, 0.1) is 18.7 Å². The molecule has 0 saturated heterocycles. The van der Waals surface area contributed by atoms with Gasteiger partial charge in [-0.2, -0.15) is 0 Å². The van der Waals surface area contributed by atoms with Crippen molar-refractivity contribution in [3.63, 3.8) is 0 Å². The molecule has 3 aromatic rings. The van der Waals surface area contributed by atoms with Crippen LogP contribution >= 0.6 is 0 Å². The number of anilines is 1. The summed E-state index contributed by atoms with van der Waals surface area (Å²) in [4.78, 5) is 17.0. The summed E-state index contributed by atoms with van der Waals surface area (Å²) in [5.41, 5.74) is 2.72. The first-order valence-electron chi connectivity index (χ1n) is 8.15. The lowest BCUT2D eigenvalue weighted by Gasteiger charge is -2.18. The number of pyridine rings is 1. The molecule has 0 saturated carbocycles. The molecule has 0 spiro atoms. The van der Waals surface area contributed by atoms with Crippen LogP contribution < -0.4 is 10.1 Å². The van der Waals surface area contributed by atoms with Crippen molar-refractivity contribution in [2.45, 2.75) is 12.3 Å². The van der Waals surface area contributed by atoms with E-state index in [1.165, 1.54) is 0 Å². The van der Waals surface area contributed by atoms with E-state index in [2.05, 4.69) is 10.3 Å². The molecule has 3 rings (SSSR count). The maximum absolute atomic E-state index is 13.0. The number of hydrogen-bond donors (Lipinski definition) is 1. The van der Waals surface area contributed by atoms with Crippen LogP contribution in [0.5, 0.6) is 5.75 Å². The smallest absolute Gasteiger partial charge is 0.232 e. The summed E-state index contributed by atoms with van der Waals surface area (Å²) in [5.74, 6) is 0.285. The number of methoxy groups -OCH3 is 1. The zero-order chi connectivity index (χ0) is 17.5. The van der Waals surface area contributed by atoms with Crippen LogP contribution in [0.15, 0.2) is 79.1 Å². The Morgan fingerprint density at radius 3 is 2.40 bits per heavy atom. The molecule has 1 amide bonds. The predicted molar refractivity (Wildman–Crippen MR) is 98.7 cm³/mol. The molecule has 1 heterocycles. The Bertz CT molecular complexity index is 820. The number of carbonyl (C=O) groups is 1. The third-order valence-corrected chi connectivity index (χ3v) is 4.07. The highest BCUT2D eigenvalue weighted by molar-refractivity contribution is 5.97. The standard InChI is InChI=1S/C21H20N2O2/c1-25-20-10-6-5-9-19(20)23-21(24)18(17-7-3-2-4-8-17)15-16-11-13-22-14-12-16/h2-14,18H,15H2,1H3,(H,23,24).